The first kappa shape index (κ1) is 20.1. The van der Waals surface area contributed by atoms with Crippen molar-refractivity contribution in [1.82, 2.24) is 15.2 Å². The van der Waals surface area contributed by atoms with Crippen LogP contribution in [0.1, 0.15) is 24.6 Å². The quantitative estimate of drug-likeness (QED) is 0.827. The van der Waals surface area contributed by atoms with E-state index >= 15 is 0 Å². The molecule has 0 radical (unpaired) electrons. The highest BCUT2D eigenvalue weighted by molar-refractivity contribution is 9.10. The van der Waals surface area contributed by atoms with Gasteiger partial charge in [0.15, 0.2) is 0 Å². The summed E-state index contributed by atoms with van der Waals surface area (Å²) in [7, 11) is 0. The van der Waals surface area contributed by atoms with Gasteiger partial charge in [0.25, 0.3) is 0 Å². The molecule has 3 rings (SSSR count). The molecule has 7 heteroatoms. The van der Waals surface area contributed by atoms with Crippen LogP contribution in [-0.2, 0) is 4.74 Å². The van der Waals surface area contributed by atoms with E-state index in [-0.39, 0.29) is 24.8 Å². The van der Waals surface area contributed by atoms with Crippen molar-refractivity contribution >= 4 is 40.7 Å². The van der Waals surface area contributed by atoms with Crippen molar-refractivity contribution < 1.29 is 4.74 Å². The van der Waals surface area contributed by atoms with E-state index in [2.05, 4.69) is 43.3 Å². The molecule has 0 spiro atoms. The zero-order valence-corrected chi connectivity index (χ0v) is 15.8. The summed E-state index contributed by atoms with van der Waals surface area (Å²) in [5, 5.41) is 3.44. The van der Waals surface area contributed by atoms with Crippen LogP contribution in [0.5, 0.6) is 0 Å². The summed E-state index contributed by atoms with van der Waals surface area (Å²) < 4.78 is 6.58. The van der Waals surface area contributed by atoms with Crippen molar-refractivity contribution in [3.05, 3.63) is 28.5 Å². The molecule has 0 aliphatic carbocycles. The lowest BCUT2D eigenvalue weighted by Gasteiger charge is -2.40. The van der Waals surface area contributed by atoms with Crippen LogP contribution in [0.25, 0.3) is 0 Å². The first-order chi connectivity index (χ1) is 9.84. The monoisotopic (exact) mass is 411 g/mol. The zero-order valence-electron chi connectivity index (χ0n) is 12.5. The van der Waals surface area contributed by atoms with Crippen LogP contribution < -0.4 is 5.32 Å². The Hall–Kier alpha value is 0.0900. The molecule has 1 aromatic rings. The van der Waals surface area contributed by atoms with Gasteiger partial charge in [0, 0.05) is 50.1 Å². The second-order valence-corrected chi connectivity index (χ2v) is 6.50. The number of rotatable bonds is 3. The Morgan fingerprint density at radius 3 is 2.45 bits per heavy atom. The summed E-state index contributed by atoms with van der Waals surface area (Å²) >= 11 is 3.48. The minimum absolute atomic E-state index is 0. The van der Waals surface area contributed by atoms with Gasteiger partial charge in [0.1, 0.15) is 0 Å². The van der Waals surface area contributed by atoms with Crippen molar-refractivity contribution in [3.63, 3.8) is 0 Å². The lowest BCUT2D eigenvalue weighted by molar-refractivity contribution is 0.0201. The summed E-state index contributed by atoms with van der Waals surface area (Å²) in [4.78, 5) is 7.28. The highest BCUT2D eigenvalue weighted by atomic mass is 79.9. The van der Waals surface area contributed by atoms with Crippen LogP contribution >= 0.6 is 40.7 Å². The van der Waals surface area contributed by atoms with E-state index in [4.69, 9.17) is 4.74 Å². The average Bonchev–Trinajstić information content (AvgIpc) is 2.52. The Balaban J connectivity index is 0.00000121. The van der Waals surface area contributed by atoms with Gasteiger partial charge in [0.05, 0.1) is 11.7 Å². The van der Waals surface area contributed by atoms with Crippen molar-refractivity contribution in [3.8, 4) is 0 Å². The van der Waals surface area contributed by atoms with Crippen LogP contribution in [0.15, 0.2) is 22.8 Å². The lowest BCUT2D eigenvalue weighted by atomic mass is 9.88. The zero-order chi connectivity index (χ0) is 13.8. The Kier molecular flexibility index (Phi) is 9.21. The maximum absolute atomic E-state index is 5.53. The highest BCUT2D eigenvalue weighted by Crippen LogP contribution is 2.34. The highest BCUT2D eigenvalue weighted by Gasteiger charge is 2.31. The van der Waals surface area contributed by atoms with E-state index in [0.717, 1.165) is 56.7 Å². The molecule has 2 saturated heterocycles. The van der Waals surface area contributed by atoms with Crippen LogP contribution in [0, 0.1) is 5.92 Å². The van der Waals surface area contributed by atoms with E-state index < -0.39 is 0 Å². The third-order valence-electron chi connectivity index (χ3n) is 4.31. The molecule has 22 heavy (non-hydrogen) atoms. The van der Waals surface area contributed by atoms with Crippen molar-refractivity contribution in [2.24, 2.45) is 5.92 Å². The smallest absolute Gasteiger partial charge is 0.0579 e. The van der Waals surface area contributed by atoms with Gasteiger partial charge >= 0.3 is 0 Å². The van der Waals surface area contributed by atoms with Gasteiger partial charge in [-0.05, 0) is 46.8 Å². The molecule has 3 heterocycles. The topological polar surface area (TPSA) is 37.4 Å². The molecule has 0 bridgehead atoms. The van der Waals surface area contributed by atoms with Crippen LogP contribution in [-0.4, -0.2) is 49.3 Å². The molecule has 1 aromatic heterocycles. The number of pyridine rings is 1. The summed E-state index contributed by atoms with van der Waals surface area (Å²) in [6.07, 6.45) is 4.21. The van der Waals surface area contributed by atoms with Gasteiger partial charge < -0.3 is 10.1 Å². The van der Waals surface area contributed by atoms with Crippen molar-refractivity contribution in [1.29, 1.82) is 0 Å². The number of nitrogens with zero attached hydrogens (tertiary/aromatic N) is 2. The minimum atomic E-state index is 0. The number of hydrogen-bond donors (Lipinski definition) is 1. The van der Waals surface area contributed by atoms with Gasteiger partial charge in [-0.15, -0.1) is 24.8 Å². The van der Waals surface area contributed by atoms with Gasteiger partial charge in [-0.2, -0.15) is 0 Å². The fourth-order valence-electron chi connectivity index (χ4n) is 3.28. The predicted molar refractivity (Wildman–Crippen MR) is 97.2 cm³/mol. The first-order valence-corrected chi connectivity index (χ1v) is 8.28. The second kappa shape index (κ2) is 10.1. The van der Waals surface area contributed by atoms with Gasteiger partial charge in [-0.3, -0.25) is 9.88 Å². The van der Waals surface area contributed by atoms with Gasteiger partial charge in [-0.25, -0.2) is 0 Å². The van der Waals surface area contributed by atoms with Gasteiger partial charge in [0.2, 0.25) is 0 Å². The van der Waals surface area contributed by atoms with Crippen LogP contribution in [0.2, 0.25) is 0 Å². The number of nitrogens with one attached hydrogen (secondary N) is 1. The van der Waals surface area contributed by atoms with Crippen molar-refractivity contribution in [2.75, 3.05) is 39.4 Å². The molecule has 0 aromatic carbocycles. The fourth-order valence-corrected chi connectivity index (χ4v) is 3.52. The fraction of sp³-hybridized carbons (Fsp3) is 0.667. The molecule has 1 atom stereocenters. The normalized spacial score (nSPS) is 21.5. The largest absolute Gasteiger partial charge is 0.381 e. The van der Waals surface area contributed by atoms with E-state index in [1.54, 1.807) is 0 Å². The Labute approximate surface area is 153 Å². The second-order valence-electron chi connectivity index (χ2n) is 5.58. The Morgan fingerprint density at radius 1 is 1.18 bits per heavy atom. The van der Waals surface area contributed by atoms with E-state index in [1.165, 1.54) is 5.69 Å². The molecule has 126 valence electrons. The van der Waals surface area contributed by atoms with Crippen LogP contribution in [0.4, 0.5) is 0 Å². The third-order valence-corrected chi connectivity index (χ3v) is 4.78. The maximum atomic E-state index is 5.53. The SMILES string of the molecule is Brc1ccc([C@@H](C2CCOCC2)N2CCNCC2)nc1.Cl.Cl. The first-order valence-electron chi connectivity index (χ1n) is 7.48. The third kappa shape index (κ3) is 5.05. The summed E-state index contributed by atoms with van der Waals surface area (Å²) in [6.45, 7) is 6.17. The number of piperazine rings is 1. The Bertz CT molecular complexity index is 405. The maximum Gasteiger partial charge on any atom is 0.0579 e. The van der Waals surface area contributed by atoms with Gasteiger partial charge in [-0.1, -0.05) is 0 Å². The standard InChI is InChI=1S/C15H22BrN3O.2ClH/c16-13-1-2-14(18-11-13)15(12-3-9-20-10-4-12)19-7-5-17-6-8-19;;/h1-2,11-12,15,17H,3-10H2;2*1H/t15-;;/m1../s1. The number of aromatic nitrogens is 1. The molecule has 0 unspecified atom stereocenters. The summed E-state index contributed by atoms with van der Waals surface area (Å²) in [5.74, 6) is 0.663. The molecule has 1 N–H and O–H groups in total. The van der Waals surface area contributed by atoms with E-state index in [9.17, 15) is 0 Å². The average molecular weight is 413 g/mol. The minimum Gasteiger partial charge on any atom is -0.381 e. The van der Waals surface area contributed by atoms with E-state index in [1.807, 2.05) is 6.20 Å². The molecule has 2 aliphatic heterocycles. The molecular formula is C15H24BrCl2N3O. The van der Waals surface area contributed by atoms with Crippen LogP contribution in [0.3, 0.4) is 0 Å². The number of hydrogen-bond acceptors (Lipinski definition) is 4. The summed E-state index contributed by atoms with van der Waals surface area (Å²) in [5.41, 5.74) is 1.21. The number of ether oxygens (including phenoxy) is 1. The molecule has 2 fully saturated rings. The Morgan fingerprint density at radius 2 is 1.86 bits per heavy atom. The predicted octanol–water partition coefficient (Wildman–Crippen LogP) is 3.06. The summed E-state index contributed by atoms with van der Waals surface area (Å²) in [6, 6.07) is 4.72. The molecule has 0 saturated carbocycles. The van der Waals surface area contributed by atoms with Crippen molar-refractivity contribution in [2.45, 2.75) is 18.9 Å². The molecular weight excluding hydrogens is 389 g/mol. The molecule has 2 aliphatic rings. The van der Waals surface area contributed by atoms with E-state index in [0.29, 0.717) is 12.0 Å². The number of halogens is 3. The molecule has 0 amide bonds. The lowest BCUT2D eigenvalue weighted by Crippen LogP contribution is -2.47. The molecule has 4 nitrogen and oxygen atoms in total.